The Morgan fingerprint density at radius 3 is 2.60 bits per heavy atom. The Hall–Kier alpha value is -0.0200. The third kappa shape index (κ3) is 1.52. The van der Waals surface area contributed by atoms with Crippen LogP contribution >= 0.6 is 23.2 Å². The summed E-state index contributed by atoms with van der Waals surface area (Å²) in [4.78, 5) is -1.02. The van der Waals surface area contributed by atoms with Gasteiger partial charge in [-0.1, -0.05) is 29.3 Å². The van der Waals surface area contributed by atoms with Crippen LogP contribution < -0.4 is 11.5 Å². The fourth-order valence-corrected chi connectivity index (χ4v) is 1.20. The van der Waals surface area contributed by atoms with Crippen LogP contribution in [0, 0.1) is 0 Å². The highest BCUT2D eigenvalue weighted by molar-refractivity contribution is 6.33. The van der Waals surface area contributed by atoms with Crippen molar-refractivity contribution in [1.82, 2.24) is 0 Å². The maximum atomic E-state index is 5.76. The van der Waals surface area contributed by atoms with Gasteiger partial charge in [-0.05, 0) is 12.2 Å². The zero-order valence-corrected chi connectivity index (χ0v) is 6.73. The number of halogens is 2. The van der Waals surface area contributed by atoms with Crippen LogP contribution in [-0.4, -0.2) is 11.0 Å². The molecule has 10 heavy (non-hydrogen) atoms. The first-order valence-electron chi connectivity index (χ1n) is 2.82. The molecule has 0 bridgehead atoms. The largest absolute Gasteiger partial charge is 0.322 e. The number of allylic oxidation sites excluding steroid dienone is 2. The molecule has 0 amide bonds. The molecule has 0 saturated heterocycles. The zero-order valence-electron chi connectivity index (χ0n) is 5.22. The normalized spacial score (nSPS) is 39.6. The molecule has 0 radical (unpaired) electrons. The molecule has 0 aliphatic heterocycles. The SMILES string of the molecule is NC1C=CC(Cl)=CC1(N)Cl. The summed E-state index contributed by atoms with van der Waals surface area (Å²) < 4.78 is 0. The summed E-state index contributed by atoms with van der Waals surface area (Å²) in [7, 11) is 0. The molecular formula is C6H8Cl2N2. The average Bonchev–Trinajstić information content (AvgIpc) is 1.78. The summed E-state index contributed by atoms with van der Waals surface area (Å²) in [5.41, 5.74) is 11.1. The molecule has 0 spiro atoms. The quantitative estimate of drug-likeness (QED) is 0.428. The second kappa shape index (κ2) is 2.55. The van der Waals surface area contributed by atoms with Crippen molar-refractivity contribution >= 4 is 23.2 Å². The molecule has 1 aliphatic carbocycles. The summed E-state index contributed by atoms with van der Waals surface area (Å²) in [5.74, 6) is 0. The van der Waals surface area contributed by atoms with Crippen LogP contribution in [0.2, 0.25) is 0 Å². The third-order valence-electron chi connectivity index (χ3n) is 1.33. The minimum atomic E-state index is -1.02. The van der Waals surface area contributed by atoms with Crippen molar-refractivity contribution in [1.29, 1.82) is 0 Å². The van der Waals surface area contributed by atoms with Crippen LogP contribution in [0.5, 0.6) is 0 Å². The molecule has 4 heteroatoms. The van der Waals surface area contributed by atoms with Crippen molar-refractivity contribution in [3.05, 3.63) is 23.3 Å². The van der Waals surface area contributed by atoms with Gasteiger partial charge in [0, 0.05) is 5.03 Å². The maximum absolute atomic E-state index is 5.76. The lowest BCUT2D eigenvalue weighted by molar-refractivity contribution is 0.634. The van der Waals surface area contributed by atoms with E-state index in [9.17, 15) is 0 Å². The fraction of sp³-hybridized carbons (Fsp3) is 0.333. The van der Waals surface area contributed by atoms with E-state index in [-0.39, 0.29) is 6.04 Å². The summed E-state index contributed by atoms with van der Waals surface area (Å²) >= 11 is 11.4. The Kier molecular flexibility index (Phi) is 2.06. The lowest BCUT2D eigenvalue weighted by Crippen LogP contribution is -2.49. The van der Waals surface area contributed by atoms with Crippen LogP contribution in [0.3, 0.4) is 0 Å². The molecule has 2 unspecified atom stereocenters. The first-order valence-corrected chi connectivity index (χ1v) is 3.58. The molecule has 0 aromatic heterocycles. The van der Waals surface area contributed by atoms with E-state index in [1.165, 1.54) is 6.08 Å². The fourth-order valence-electron chi connectivity index (χ4n) is 0.699. The van der Waals surface area contributed by atoms with Crippen LogP contribution in [0.4, 0.5) is 0 Å². The van der Waals surface area contributed by atoms with E-state index in [1.807, 2.05) is 0 Å². The van der Waals surface area contributed by atoms with Gasteiger partial charge in [0.15, 0.2) is 0 Å². The molecule has 1 rings (SSSR count). The lowest BCUT2D eigenvalue weighted by Gasteiger charge is -2.25. The van der Waals surface area contributed by atoms with Gasteiger partial charge < -0.3 is 11.5 Å². The predicted octanol–water partition coefficient (Wildman–Crippen LogP) is 0.900. The molecule has 0 saturated carbocycles. The summed E-state index contributed by atoms with van der Waals surface area (Å²) in [5, 5.41) is 0.527. The maximum Gasteiger partial charge on any atom is 0.130 e. The molecule has 0 aromatic rings. The van der Waals surface area contributed by atoms with Crippen LogP contribution in [0.25, 0.3) is 0 Å². The summed E-state index contributed by atoms with van der Waals surface area (Å²) in [6.07, 6.45) is 4.88. The Morgan fingerprint density at radius 1 is 1.60 bits per heavy atom. The van der Waals surface area contributed by atoms with Gasteiger partial charge >= 0.3 is 0 Å². The van der Waals surface area contributed by atoms with Crippen LogP contribution in [-0.2, 0) is 0 Å². The molecule has 2 nitrogen and oxygen atoms in total. The van der Waals surface area contributed by atoms with Gasteiger partial charge in [0.1, 0.15) is 5.00 Å². The van der Waals surface area contributed by atoms with E-state index in [2.05, 4.69) is 0 Å². The minimum Gasteiger partial charge on any atom is -0.322 e. The minimum absolute atomic E-state index is 0.364. The standard InChI is InChI=1S/C6H8Cl2N2/c7-4-1-2-5(9)6(8,10)3-4/h1-3,5H,9-10H2. The van der Waals surface area contributed by atoms with Crippen molar-refractivity contribution in [3.8, 4) is 0 Å². The number of alkyl halides is 1. The number of hydrogen-bond acceptors (Lipinski definition) is 2. The third-order valence-corrected chi connectivity index (χ3v) is 1.93. The average molecular weight is 179 g/mol. The highest BCUT2D eigenvalue weighted by atomic mass is 35.5. The number of hydrogen-bond donors (Lipinski definition) is 2. The molecule has 56 valence electrons. The second-order valence-corrected chi connectivity index (χ2v) is 3.33. The molecular weight excluding hydrogens is 171 g/mol. The predicted molar refractivity (Wildman–Crippen MR) is 43.8 cm³/mol. The van der Waals surface area contributed by atoms with Gasteiger partial charge in [-0.3, -0.25) is 0 Å². The highest BCUT2D eigenvalue weighted by Gasteiger charge is 2.28. The van der Waals surface area contributed by atoms with Gasteiger partial charge in [0.25, 0.3) is 0 Å². The summed E-state index contributed by atoms with van der Waals surface area (Å²) in [6.45, 7) is 0. The molecule has 0 fully saturated rings. The van der Waals surface area contributed by atoms with Crippen molar-refractivity contribution in [2.45, 2.75) is 11.0 Å². The van der Waals surface area contributed by atoms with Crippen molar-refractivity contribution in [2.75, 3.05) is 0 Å². The van der Waals surface area contributed by atoms with Gasteiger partial charge in [0.05, 0.1) is 6.04 Å². The first kappa shape index (κ1) is 8.08. The Morgan fingerprint density at radius 2 is 2.20 bits per heavy atom. The van der Waals surface area contributed by atoms with E-state index in [1.54, 1.807) is 12.2 Å². The van der Waals surface area contributed by atoms with Crippen LogP contribution in [0.1, 0.15) is 0 Å². The molecule has 2 atom stereocenters. The topological polar surface area (TPSA) is 52.0 Å². The van der Waals surface area contributed by atoms with Gasteiger partial charge in [-0.15, -0.1) is 0 Å². The zero-order chi connectivity index (χ0) is 7.78. The van der Waals surface area contributed by atoms with Crippen molar-refractivity contribution in [2.24, 2.45) is 11.5 Å². The smallest absolute Gasteiger partial charge is 0.130 e. The van der Waals surface area contributed by atoms with Gasteiger partial charge in [-0.2, -0.15) is 0 Å². The van der Waals surface area contributed by atoms with E-state index < -0.39 is 5.00 Å². The molecule has 0 heterocycles. The van der Waals surface area contributed by atoms with Crippen molar-refractivity contribution in [3.63, 3.8) is 0 Å². The number of rotatable bonds is 0. The highest BCUT2D eigenvalue weighted by Crippen LogP contribution is 2.23. The van der Waals surface area contributed by atoms with Crippen LogP contribution in [0.15, 0.2) is 23.3 Å². The lowest BCUT2D eigenvalue weighted by atomic mass is 10.0. The van der Waals surface area contributed by atoms with E-state index in [0.717, 1.165) is 0 Å². The first-order chi connectivity index (χ1) is 4.52. The second-order valence-electron chi connectivity index (χ2n) is 2.24. The number of nitrogens with two attached hydrogens (primary N) is 2. The Balaban J connectivity index is 2.88. The van der Waals surface area contributed by atoms with Gasteiger partial charge in [-0.25, -0.2) is 0 Å². The van der Waals surface area contributed by atoms with Crippen molar-refractivity contribution < 1.29 is 0 Å². The Bertz CT molecular complexity index is 196. The van der Waals surface area contributed by atoms with E-state index in [0.29, 0.717) is 5.03 Å². The Labute approximate surface area is 69.5 Å². The van der Waals surface area contributed by atoms with E-state index >= 15 is 0 Å². The van der Waals surface area contributed by atoms with Gasteiger partial charge in [0.2, 0.25) is 0 Å². The molecule has 1 aliphatic rings. The monoisotopic (exact) mass is 178 g/mol. The van der Waals surface area contributed by atoms with E-state index in [4.69, 9.17) is 34.7 Å². The molecule has 4 N–H and O–H groups in total. The molecule has 0 aromatic carbocycles. The summed E-state index contributed by atoms with van der Waals surface area (Å²) in [6, 6.07) is -0.364.